The van der Waals surface area contributed by atoms with Crippen LogP contribution in [0.1, 0.15) is 34.1 Å². The van der Waals surface area contributed by atoms with Crippen molar-refractivity contribution >= 4 is 39.4 Å². The molecule has 0 saturated carbocycles. The molecule has 8 heteroatoms. The van der Waals surface area contributed by atoms with Crippen molar-refractivity contribution in [2.75, 3.05) is 17.6 Å². The average molecular weight is 399 g/mol. The van der Waals surface area contributed by atoms with Gasteiger partial charge >= 0.3 is 6.09 Å². The first-order valence-corrected chi connectivity index (χ1v) is 8.51. The fourth-order valence-corrected chi connectivity index (χ4v) is 3.76. The number of amides is 2. The SMILES string of the molecule is C[C@@H]1CN(C(=O)O)[C@](C(=O)Nc2cc(Br)cnc2N)(C(C)(C)C)C1. The lowest BCUT2D eigenvalue weighted by Crippen LogP contribution is -2.62. The Hall–Kier alpha value is -1.83. The largest absolute Gasteiger partial charge is 0.465 e. The van der Waals surface area contributed by atoms with Gasteiger partial charge in [-0.1, -0.05) is 27.7 Å². The highest BCUT2D eigenvalue weighted by Gasteiger charge is 2.59. The number of aromatic nitrogens is 1. The number of hydrogen-bond acceptors (Lipinski definition) is 4. The van der Waals surface area contributed by atoms with Crippen LogP contribution in [-0.4, -0.2) is 39.1 Å². The molecule has 0 spiro atoms. The lowest BCUT2D eigenvalue weighted by molar-refractivity contribution is -0.131. The molecule has 1 fully saturated rings. The molecule has 1 aliphatic heterocycles. The molecule has 4 N–H and O–H groups in total. The van der Waals surface area contributed by atoms with Gasteiger partial charge in [0, 0.05) is 17.2 Å². The first-order valence-electron chi connectivity index (χ1n) is 7.72. The van der Waals surface area contributed by atoms with E-state index >= 15 is 0 Å². The second-order valence-corrected chi connectivity index (χ2v) is 8.27. The molecule has 2 rings (SSSR count). The Kier molecular flexibility index (Phi) is 4.81. The maximum Gasteiger partial charge on any atom is 0.408 e. The Morgan fingerprint density at radius 2 is 2.12 bits per heavy atom. The molecule has 0 radical (unpaired) electrons. The number of nitrogens with two attached hydrogens (primary N) is 1. The summed E-state index contributed by atoms with van der Waals surface area (Å²) in [5.74, 6) is -0.110. The predicted molar refractivity (Wildman–Crippen MR) is 95.7 cm³/mol. The number of halogens is 1. The van der Waals surface area contributed by atoms with Gasteiger partial charge in [0.2, 0.25) is 0 Å². The summed E-state index contributed by atoms with van der Waals surface area (Å²) in [6, 6.07) is 1.65. The number of nitrogens with one attached hydrogen (secondary N) is 1. The first kappa shape index (κ1) is 18.5. The number of likely N-dealkylation sites (tertiary alicyclic amines) is 1. The molecule has 2 heterocycles. The molecule has 132 valence electrons. The van der Waals surface area contributed by atoms with Crippen molar-refractivity contribution in [3.63, 3.8) is 0 Å². The highest BCUT2D eigenvalue weighted by molar-refractivity contribution is 9.10. The maximum absolute atomic E-state index is 13.2. The van der Waals surface area contributed by atoms with E-state index in [2.05, 4.69) is 26.2 Å². The molecule has 0 unspecified atom stereocenters. The zero-order valence-electron chi connectivity index (χ0n) is 14.3. The molecule has 2 amide bonds. The molecule has 1 saturated heterocycles. The summed E-state index contributed by atoms with van der Waals surface area (Å²) < 4.78 is 0.673. The highest BCUT2D eigenvalue weighted by atomic mass is 79.9. The fourth-order valence-electron chi connectivity index (χ4n) is 3.43. The van der Waals surface area contributed by atoms with Crippen molar-refractivity contribution in [2.45, 2.75) is 39.7 Å². The molecule has 0 bridgehead atoms. The molecule has 1 aliphatic rings. The quantitative estimate of drug-likeness (QED) is 0.708. The summed E-state index contributed by atoms with van der Waals surface area (Å²) >= 11 is 3.29. The number of carbonyl (C=O) groups excluding carboxylic acids is 1. The third kappa shape index (κ3) is 3.07. The highest BCUT2D eigenvalue weighted by Crippen LogP contribution is 2.46. The summed E-state index contributed by atoms with van der Waals surface area (Å²) in [7, 11) is 0. The number of carbonyl (C=O) groups is 2. The van der Waals surface area contributed by atoms with Crippen molar-refractivity contribution in [3.05, 3.63) is 16.7 Å². The van der Waals surface area contributed by atoms with E-state index < -0.39 is 17.0 Å². The van der Waals surface area contributed by atoms with E-state index in [1.807, 2.05) is 27.7 Å². The number of nitrogen functional groups attached to an aromatic ring is 1. The number of nitrogens with zero attached hydrogens (tertiary/aromatic N) is 2. The van der Waals surface area contributed by atoms with Gasteiger partial charge in [-0.05, 0) is 39.8 Å². The normalized spacial score (nSPS) is 24.0. The van der Waals surface area contributed by atoms with Gasteiger partial charge in [0.25, 0.3) is 5.91 Å². The van der Waals surface area contributed by atoms with Crippen molar-refractivity contribution in [1.29, 1.82) is 0 Å². The minimum Gasteiger partial charge on any atom is -0.465 e. The minimum absolute atomic E-state index is 0.0871. The number of carboxylic acid groups (broad SMARTS) is 1. The average Bonchev–Trinajstić information content (AvgIpc) is 2.81. The topological polar surface area (TPSA) is 109 Å². The van der Waals surface area contributed by atoms with Crippen LogP contribution in [0.4, 0.5) is 16.3 Å². The molecule has 0 aromatic carbocycles. The second-order valence-electron chi connectivity index (χ2n) is 7.35. The van der Waals surface area contributed by atoms with E-state index in [1.54, 1.807) is 6.07 Å². The molecule has 7 nitrogen and oxygen atoms in total. The number of anilines is 2. The Labute approximate surface area is 149 Å². The Bertz CT molecular complexity index is 674. The van der Waals surface area contributed by atoms with E-state index in [0.717, 1.165) is 0 Å². The molecule has 24 heavy (non-hydrogen) atoms. The van der Waals surface area contributed by atoms with Gasteiger partial charge in [-0.2, -0.15) is 0 Å². The zero-order chi connectivity index (χ0) is 18.3. The molecule has 0 aliphatic carbocycles. The van der Waals surface area contributed by atoms with Crippen molar-refractivity contribution < 1.29 is 14.7 Å². The third-order valence-electron chi connectivity index (χ3n) is 4.58. The van der Waals surface area contributed by atoms with Crippen LogP contribution in [0.3, 0.4) is 0 Å². The van der Waals surface area contributed by atoms with Crippen LogP contribution >= 0.6 is 15.9 Å². The first-order chi connectivity index (χ1) is 11.0. The van der Waals surface area contributed by atoms with Crippen molar-refractivity contribution in [1.82, 2.24) is 9.88 Å². The smallest absolute Gasteiger partial charge is 0.408 e. The van der Waals surface area contributed by atoms with Crippen LogP contribution in [-0.2, 0) is 4.79 Å². The summed E-state index contributed by atoms with van der Waals surface area (Å²) in [4.78, 5) is 30.2. The summed E-state index contributed by atoms with van der Waals surface area (Å²) in [6.07, 6.45) is 0.895. The monoisotopic (exact) mass is 398 g/mol. The van der Waals surface area contributed by atoms with E-state index in [-0.39, 0.29) is 17.6 Å². The Morgan fingerprint density at radius 1 is 1.50 bits per heavy atom. The summed E-state index contributed by atoms with van der Waals surface area (Å²) in [5, 5.41) is 12.4. The van der Waals surface area contributed by atoms with Crippen LogP contribution in [0.15, 0.2) is 16.7 Å². The Balaban J connectivity index is 2.47. The van der Waals surface area contributed by atoms with Gasteiger partial charge in [0.05, 0.1) is 5.69 Å². The minimum atomic E-state index is -1.17. The van der Waals surface area contributed by atoms with Crippen LogP contribution in [0, 0.1) is 11.3 Å². The maximum atomic E-state index is 13.2. The van der Waals surface area contributed by atoms with Crippen LogP contribution in [0.25, 0.3) is 0 Å². The molecular formula is C16H23BrN4O3. The summed E-state index contributed by atoms with van der Waals surface area (Å²) in [6.45, 7) is 7.91. The second kappa shape index (κ2) is 6.23. The summed E-state index contributed by atoms with van der Waals surface area (Å²) in [5.41, 5.74) is 4.44. The van der Waals surface area contributed by atoms with Crippen LogP contribution in [0.5, 0.6) is 0 Å². The fraction of sp³-hybridized carbons (Fsp3) is 0.562. The van der Waals surface area contributed by atoms with Gasteiger partial charge in [-0.15, -0.1) is 0 Å². The number of rotatable bonds is 2. The molecule has 1 aromatic rings. The third-order valence-corrected chi connectivity index (χ3v) is 5.01. The van der Waals surface area contributed by atoms with E-state index in [1.165, 1.54) is 11.1 Å². The molecule has 2 atom stereocenters. The lowest BCUT2D eigenvalue weighted by Gasteiger charge is -2.45. The standard InChI is InChI=1S/C16H23BrN4O3/c1-9-6-16(15(2,3)4,21(8-9)14(23)24)13(22)20-11-5-10(17)7-19-12(11)18/h5,7,9H,6,8H2,1-4H3,(H2,18,19)(H,20,22)(H,23,24)/t9-,16+/m0/s1. The van der Waals surface area contributed by atoms with Gasteiger partial charge in [0.1, 0.15) is 11.4 Å². The van der Waals surface area contributed by atoms with Crippen molar-refractivity contribution in [3.8, 4) is 0 Å². The van der Waals surface area contributed by atoms with E-state index in [0.29, 0.717) is 23.1 Å². The van der Waals surface area contributed by atoms with Gasteiger partial charge in [-0.3, -0.25) is 9.69 Å². The molecular weight excluding hydrogens is 376 g/mol. The van der Waals surface area contributed by atoms with E-state index in [9.17, 15) is 14.7 Å². The number of hydrogen-bond donors (Lipinski definition) is 3. The lowest BCUT2D eigenvalue weighted by atomic mass is 9.70. The van der Waals surface area contributed by atoms with Crippen LogP contribution < -0.4 is 11.1 Å². The van der Waals surface area contributed by atoms with Crippen molar-refractivity contribution in [2.24, 2.45) is 11.3 Å². The zero-order valence-corrected chi connectivity index (χ0v) is 15.8. The van der Waals surface area contributed by atoms with Gasteiger partial charge in [0.15, 0.2) is 0 Å². The van der Waals surface area contributed by atoms with Gasteiger partial charge in [-0.25, -0.2) is 9.78 Å². The van der Waals surface area contributed by atoms with Gasteiger partial charge < -0.3 is 16.2 Å². The predicted octanol–water partition coefficient (Wildman–Crippen LogP) is 3.17. The number of pyridine rings is 1. The molecule has 1 aromatic heterocycles. The van der Waals surface area contributed by atoms with E-state index in [4.69, 9.17) is 5.73 Å². The Morgan fingerprint density at radius 3 is 2.67 bits per heavy atom. The van der Waals surface area contributed by atoms with Crippen LogP contribution in [0.2, 0.25) is 0 Å².